The molecule has 7 atom stereocenters. The van der Waals surface area contributed by atoms with E-state index < -0.39 is 0 Å². The minimum Gasteiger partial charge on any atom is -0.0654 e. The molecular formula is C19H32. The van der Waals surface area contributed by atoms with Crippen LogP contribution in [0.5, 0.6) is 0 Å². The lowest BCUT2D eigenvalue weighted by molar-refractivity contribution is -0.0311. The number of unbranched alkanes of at least 4 members (excludes halogenated alkanes) is 2. The van der Waals surface area contributed by atoms with E-state index in [9.17, 15) is 0 Å². The summed E-state index contributed by atoms with van der Waals surface area (Å²) < 4.78 is 0. The Kier molecular flexibility index (Phi) is 2.69. The molecule has 4 aliphatic carbocycles. The second kappa shape index (κ2) is 4.01. The van der Waals surface area contributed by atoms with Crippen molar-refractivity contribution in [2.45, 2.75) is 78.6 Å². The number of fused-ring (bicyclic) bond motifs is 5. The summed E-state index contributed by atoms with van der Waals surface area (Å²) in [4.78, 5) is 0. The van der Waals surface area contributed by atoms with Crippen molar-refractivity contribution in [3.8, 4) is 0 Å². The molecule has 1 spiro atoms. The molecule has 0 heteroatoms. The van der Waals surface area contributed by atoms with Gasteiger partial charge in [0.15, 0.2) is 0 Å². The van der Waals surface area contributed by atoms with Crippen LogP contribution >= 0.6 is 0 Å². The molecule has 4 saturated carbocycles. The maximum Gasteiger partial charge on any atom is -0.0199 e. The van der Waals surface area contributed by atoms with Crippen LogP contribution in [0.1, 0.15) is 78.6 Å². The first-order valence-electron chi connectivity index (χ1n) is 9.13. The lowest BCUT2D eigenvalue weighted by atomic mass is 9.52. The van der Waals surface area contributed by atoms with E-state index >= 15 is 0 Å². The molecule has 0 aliphatic heterocycles. The number of hydrogen-bond donors (Lipinski definition) is 0. The molecule has 0 aromatic heterocycles. The number of rotatable bonds is 4. The van der Waals surface area contributed by atoms with Crippen LogP contribution < -0.4 is 0 Å². The molecule has 108 valence electrons. The Bertz CT molecular complexity index is 372. The topological polar surface area (TPSA) is 0 Å². The van der Waals surface area contributed by atoms with Crippen LogP contribution in [0, 0.1) is 40.4 Å². The van der Waals surface area contributed by atoms with Crippen molar-refractivity contribution in [1.82, 2.24) is 0 Å². The average Bonchev–Trinajstić information content (AvgIpc) is 3.00. The van der Waals surface area contributed by atoms with Gasteiger partial charge >= 0.3 is 0 Å². The van der Waals surface area contributed by atoms with Crippen LogP contribution in [-0.4, -0.2) is 0 Å². The predicted molar refractivity (Wildman–Crippen MR) is 80.9 cm³/mol. The van der Waals surface area contributed by atoms with Crippen molar-refractivity contribution in [3.63, 3.8) is 0 Å². The summed E-state index contributed by atoms with van der Waals surface area (Å²) in [6.45, 7) is 7.50. The van der Waals surface area contributed by atoms with Crippen LogP contribution in [0.25, 0.3) is 0 Å². The summed E-state index contributed by atoms with van der Waals surface area (Å²) in [5.41, 5.74) is 1.67. The average molecular weight is 260 g/mol. The van der Waals surface area contributed by atoms with Gasteiger partial charge in [0.1, 0.15) is 0 Å². The third kappa shape index (κ3) is 1.47. The first-order valence-corrected chi connectivity index (χ1v) is 9.13. The van der Waals surface area contributed by atoms with Gasteiger partial charge in [-0.2, -0.15) is 0 Å². The maximum absolute atomic E-state index is 2.61. The molecule has 0 N–H and O–H groups in total. The van der Waals surface area contributed by atoms with Crippen molar-refractivity contribution in [1.29, 1.82) is 0 Å². The summed E-state index contributed by atoms with van der Waals surface area (Å²) in [6, 6.07) is 0. The lowest BCUT2D eigenvalue weighted by Crippen LogP contribution is -2.44. The van der Waals surface area contributed by atoms with Gasteiger partial charge in [-0.3, -0.25) is 0 Å². The van der Waals surface area contributed by atoms with E-state index in [1.807, 2.05) is 0 Å². The molecule has 0 aromatic rings. The molecule has 0 saturated heterocycles. The fourth-order valence-corrected chi connectivity index (χ4v) is 7.09. The smallest absolute Gasteiger partial charge is 0.0199 e. The van der Waals surface area contributed by atoms with E-state index in [0.717, 1.165) is 28.6 Å². The Morgan fingerprint density at radius 1 is 1.05 bits per heavy atom. The van der Waals surface area contributed by atoms with Gasteiger partial charge in [-0.15, -0.1) is 0 Å². The largest absolute Gasteiger partial charge is 0.0654 e. The molecule has 0 bridgehead atoms. The monoisotopic (exact) mass is 260 g/mol. The van der Waals surface area contributed by atoms with Gasteiger partial charge in [0, 0.05) is 0 Å². The van der Waals surface area contributed by atoms with E-state index in [-0.39, 0.29) is 0 Å². The van der Waals surface area contributed by atoms with Crippen LogP contribution in [0.4, 0.5) is 0 Å². The Morgan fingerprint density at radius 2 is 1.79 bits per heavy atom. The molecule has 4 aliphatic rings. The second-order valence-electron chi connectivity index (χ2n) is 8.87. The van der Waals surface area contributed by atoms with Gasteiger partial charge in [0.25, 0.3) is 0 Å². The van der Waals surface area contributed by atoms with E-state index in [1.165, 1.54) is 31.1 Å². The molecular weight excluding hydrogens is 228 g/mol. The zero-order valence-electron chi connectivity index (χ0n) is 13.3. The molecule has 0 radical (unpaired) electrons. The first-order chi connectivity index (χ1) is 9.13. The van der Waals surface area contributed by atoms with Gasteiger partial charge in [0.2, 0.25) is 0 Å². The number of hydrogen-bond acceptors (Lipinski definition) is 0. The summed E-state index contributed by atoms with van der Waals surface area (Å²) in [7, 11) is 0. The summed E-state index contributed by atoms with van der Waals surface area (Å²) in [6.07, 6.45) is 13.8. The Hall–Kier alpha value is 0. The van der Waals surface area contributed by atoms with Crippen molar-refractivity contribution < 1.29 is 0 Å². The highest BCUT2D eigenvalue weighted by Crippen LogP contribution is 2.84. The van der Waals surface area contributed by atoms with Crippen LogP contribution in [0.3, 0.4) is 0 Å². The minimum absolute atomic E-state index is 0.789. The van der Waals surface area contributed by atoms with Crippen molar-refractivity contribution >= 4 is 0 Å². The summed E-state index contributed by atoms with van der Waals surface area (Å²) in [5.74, 6) is 5.68. The van der Waals surface area contributed by atoms with Gasteiger partial charge in [-0.05, 0) is 78.9 Å². The fraction of sp³-hybridized carbons (Fsp3) is 1.00. The Labute approximate surface area is 119 Å². The lowest BCUT2D eigenvalue weighted by Gasteiger charge is -2.52. The molecule has 0 heterocycles. The van der Waals surface area contributed by atoms with Crippen LogP contribution in [-0.2, 0) is 0 Å². The highest BCUT2D eigenvalue weighted by molar-refractivity contribution is 5.26. The van der Waals surface area contributed by atoms with Gasteiger partial charge in [-0.1, -0.05) is 40.0 Å². The maximum atomic E-state index is 2.61. The predicted octanol–water partition coefficient (Wildman–Crippen LogP) is 5.67. The van der Waals surface area contributed by atoms with Crippen molar-refractivity contribution in [3.05, 3.63) is 0 Å². The van der Waals surface area contributed by atoms with Gasteiger partial charge < -0.3 is 0 Å². The zero-order valence-corrected chi connectivity index (χ0v) is 13.3. The molecule has 4 fully saturated rings. The molecule has 0 aromatic carbocycles. The molecule has 19 heavy (non-hydrogen) atoms. The van der Waals surface area contributed by atoms with Gasteiger partial charge in [-0.25, -0.2) is 0 Å². The molecule has 0 amide bonds. The third-order valence-corrected chi connectivity index (χ3v) is 8.19. The SMILES string of the molecule is CCCCCC1C(C)CC12C1CCC3(C)CCC3C12. The third-order valence-electron chi connectivity index (χ3n) is 8.19. The standard InChI is InChI=1S/C19H32/c1-4-5-6-7-14-13(2)12-19(14)16-9-11-18(3)10-8-15(18)17(16)19/h13-17H,4-12H2,1-3H3. The van der Waals surface area contributed by atoms with E-state index in [1.54, 1.807) is 38.5 Å². The van der Waals surface area contributed by atoms with Gasteiger partial charge in [0.05, 0.1) is 0 Å². The van der Waals surface area contributed by atoms with Crippen molar-refractivity contribution in [2.75, 3.05) is 0 Å². The Balaban J connectivity index is 1.47. The Morgan fingerprint density at radius 3 is 2.42 bits per heavy atom. The van der Waals surface area contributed by atoms with Crippen LogP contribution in [0.2, 0.25) is 0 Å². The van der Waals surface area contributed by atoms with E-state index in [2.05, 4.69) is 20.8 Å². The summed E-state index contributed by atoms with van der Waals surface area (Å²) in [5, 5.41) is 0. The second-order valence-corrected chi connectivity index (χ2v) is 8.87. The molecule has 0 nitrogen and oxygen atoms in total. The molecule has 7 unspecified atom stereocenters. The molecule has 4 rings (SSSR count). The minimum atomic E-state index is 0.789. The highest BCUT2D eigenvalue weighted by atomic mass is 14.8. The zero-order chi connectivity index (χ0) is 13.3. The van der Waals surface area contributed by atoms with Crippen molar-refractivity contribution in [2.24, 2.45) is 40.4 Å². The van der Waals surface area contributed by atoms with Crippen LogP contribution in [0.15, 0.2) is 0 Å². The van der Waals surface area contributed by atoms with E-state index in [4.69, 9.17) is 0 Å². The first kappa shape index (κ1) is 12.7. The van der Waals surface area contributed by atoms with E-state index in [0.29, 0.717) is 0 Å². The summed E-state index contributed by atoms with van der Waals surface area (Å²) >= 11 is 0. The quantitative estimate of drug-likeness (QED) is 0.572. The highest BCUT2D eigenvalue weighted by Gasteiger charge is 2.78. The fourth-order valence-electron chi connectivity index (χ4n) is 7.09. The normalized spacial score (nSPS) is 57.9.